The highest BCUT2D eigenvalue weighted by molar-refractivity contribution is 5.80. The maximum absolute atomic E-state index is 9.63. The molecule has 0 aliphatic rings. The number of carbonyl (C=O) groups is 2. The molecule has 0 bridgehead atoms. The van der Waals surface area contributed by atoms with E-state index >= 15 is 0 Å². The van der Waals surface area contributed by atoms with Crippen molar-refractivity contribution in [1.29, 1.82) is 5.26 Å². The second kappa shape index (κ2) is 7.02. The highest BCUT2D eigenvalue weighted by Gasteiger charge is 2.17. The van der Waals surface area contributed by atoms with Crippen LogP contribution in [0.4, 0.5) is 0 Å². The van der Waals surface area contributed by atoms with Gasteiger partial charge >= 0.3 is 0 Å². The molecule has 2 atom stereocenters. The lowest BCUT2D eigenvalue weighted by Gasteiger charge is -2.18. The van der Waals surface area contributed by atoms with Crippen LogP contribution < -0.4 is 10.2 Å². The van der Waals surface area contributed by atoms with Crippen LogP contribution in [0.5, 0.6) is 0 Å². The number of carboxylic acid groups (broad SMARTS) is 2. The van der Waals surface area contributed by atoms with E-state index in [0.717, 1.165) is 0 Å². The van der Waals surface area contributed by atoms with E-state index in [0.29, 0.717) is 0 Å². The summed E-state index contributed by atoms with van der Waals surface area (Å²) in [6.07, 6.45) is -4.88. The zero-order valence-corrected chi connectivity index (χ0v) is 6.63. The summed E-state index contributed by atoms with van der Waals surface area (Å²) in [5.74, 6) is -4.12. The summed E-state index contributed by atoms with van der Waals surface area (Å²) in [6.45, 7) is 1.43. The monoisotopic (exact) mass is 189 g/mol. The van der Waals surface area contributed by atoms with Gasteiger partial charge in [0.15, 0.2) is 0 Å². The number of carboxylic acids is 2. The minimum Gasteiger partial charge on any atom is -0.547 e. The first-order valence-corrected chi connectivity index (χ1v) is 2.97. The molecule has 13 heavy (non-hydrogen) atoms. The van der Waals surface area contributed by atoms with E-state index in [4.69, 9.17) is 15.5 Å². The van der Waals surface area contributed by atoms with E-state index < -0.39 is 24.1 Å². The predicted molar refractivity (Wildman–Crippen MR) is 33.3 cm³/mol. The molecule has 0 aromatic rings. The minimum absolute atomic E-state index is 1.43. The van der Waals surface area contributed by atoms with Crippen LogP contribution in [0.1, 0.15) is 6.92 Å². The highest BCUT2D eigenvalue weighted by atomic mass is 16.4. The Morgan fingerprint density at radius 3 is 1.46 bits per heavy atom. The summed E-state index contributed by atoms with van der Waals surface area (Å²) in [6, 6.07) is 1.75. The lowest BCUT2D eigenvalue weighted by atomic mass is 10.2. The van der Waals surface area contributed by atoms with Crippen LogP contribution in [-0.2, 0) is 9.59 Å². The average molecular weight is 189 g/mol. The maximum atomic E-state index is 9.63. The number of nitrogens with zero attached hydrogens (tertiary/aromatic N) is 1. The van der Waals surface area contributed by atoms with Gasteiger partial charge in [-0.25, -0.2) is 0 Å². The Hall–Kier alpha value is -1.65. The highest BCUT2D eigenvalue weighted by Crippen LogP contribution is 1.88. The van der Waals surface area contributed by atoms with Crippen molar-refractivity contribution in [1.82, 2.24) is 0 Å². The molecule has 0 spiro atoms. The van der Waals surface area contributed by atoms with E-state index in [2.05, 4.69) is 0 Å². The normalized spacial score (nSPS) is 12.8. The number of aliphatic hydroxyl groups is 2. The first-order valence-electron chi connectivity index (χ1n) is 2.97. The fraction of sp³-hybridized carbons (Fsp3) is 0.500. The smallest absolute Gasteiger partial charge is 0.124 e. The number of hydrogen-bond donors (Lipinski definition) is 2. The van der Waals surface area contributed by atoms with Crippen molar-refractivity contribution in [3.8, 4) is 6.07 Å². The minimum atomic E-state index is -2.44. The Kier molecular flexibility index (Phi) is 7.51. The summed E-state index contributed by atoms with van der Waals surface area (Å²) >= 11 is 0. The maximum Gasteiger partial charge on any atom is 0.124 e. The fourth-order valence-electron chi connectivity index (χ4n) is 0.258. The molecule has 7 heteroatoms. The third-order valence-electron chi connectivity index (χ3n) is 0.782. The molecule has 0 rings (SSSR count). The summed E-state index contributed by atoms with van der Waals surface area (Å²) in [7, 11) is 0. The molecule has 2 N–H and O–H groups in total. The van der Waals surface area contributed by atoms with E-state index in [9.17, 15) is 19.8 Å². The number of rotatable bonds is 3. The zero-order chi connectivity index (χ0) is 11.0. The SMILES string of the molecule is CC#N.O=C([O-])C(O)C(O)C(=O)[O-]. The van der Waals surface area contributed by atoms with Crippen LogP contribution in [-0.4, -0.2) is 34.4 Å². The molecule has 0 amide bonds. The summed E-state index contributed by atoms with van der Waals surface area (Å²) in [5.41, 5.74) is 0. The van der Waals surface area contributed by atoms with Gasteiger partial charge < -0.3 is 30.0 Å². The van der Waals surface area contributed by atoms with Crippen LogP contribution in [0.15, 0.2) is 0 Å². The van der Waals surface area contributed by atoms with Gasteiger partial charge in [-0.2, -0.15) is 5.26 Å². The van der Waals surface area contributed by atoms with Gasteiger partial charge in [0, 0.05) is 6.92 Å². The number of carbonyl (C=O) groups excluding carboxylic acids is 2. The van der Waals surface area contributed by atoms with Gasteiger partial charge in [-0.15, -0.1) is 0 Å². The predicted octanol–water partition coefficient (Wildman–Crippen LogP) is -4.26. The third kappa shape index (κ3) is 6.74. The number of aliphatic carboxylic acids is 2. The lowest BCUT2D eigenvalue weighted by molar-refractivity contribution is -0.333. The molecule has 74 valence electrons. The lowest BCUT2D eigenvalue weighted by Crippen LogP contribution is -2.51. The molecule has 0 saturated carbocycles. The molecule has 0 heterocycles. The van der Waals surface area contributed by atoms with Gasteiger partial charge in [-0.05, 0) is 0 Å². The Morgan fingerprint density at radius 2 is 1.38 bits per heavy atom. The van der Waals surface area contributed by atoms with Crippen LogP contribution in [0.2, 0.25) is 0 Å². The standard InChI is InChI=1S/C4H6O6.C2H3N/c5-1(3(7)8)2(6)4(9)10;1-2-3/h1-2,5-6H,(H,7,8)(H,9,10);1H3/p-2. The fourth-order valence-corrected chi connectivity index (χ4v) is 0.258. The zero-order valence-electron chi connectivity index (χ0n) is 6.63. The van der Waals surface area contributed by atoms with E-state index in [1.165, 1.54) is 6.92 Å². The van der Waals surface area contributed by atoms with Gasteiger partial charge in [-0.1, -0.05) is 0 Å². The average Bonchev–Trinajstić information content (AvgIpc) is 2.03. The topological polar surface area (TPSA) is 145 Å². The van der Waals surface area contributed by atoms with Crippen molar-refractivity contribution in [2.75, 3.05) is 0 Å². The first kappa shape index (κ1) is 13.9. The molecular weight excluding hydrogens is 182 g/mol. The van der Waals surface area contributed by atoms with Crippen molar-refractivity contribution in [3.05, 3.63) is 0 Å². The largest absolute Gasteiger partial charge is 0.547 e. The molecule has 0 fully saturated rings. The summed E-state index contributed by atoms with van der Waals surface area (Å²) in [4.78, 5) is 19.3. The number of hydrogen-bond acceptors (Lipinski definition) is 7. The summed E-state index contributed by atoms with van der Waals surface area (Å²) < 4.78 is 0. The van der Waals surface area contributed by atoms with Crippen molar-refractivity contribution in [2.45, 2.75) is 19.1 Å². The van der Waals surface area contributed by atoms with Crippen LogP contribution in [0.3, 0.4) is 0 Å². The van der Waals surface area contributed by atoms with Crippen molar-refractivity contribution >= 4 is 11.9 Å². The van der Waals surface area contributed by atoms with Gasteiger partial charge in [0.25, 0.3) is 0 Å². The second-order valence-electron chi connectivity index (χ2n) is 1.75. The molecule has 0 aromatic heterocycles. The third-order valence-corrected chi connectivity index (χ3v) is 0.782. The molecule has 0 aromatic carbocycles. The Bertz CT molecular complexity index is 202. The van der Waals surface area contributed by atoms with Crippen molar-refractivity contribution < 1.29 is 30.0 Å². The van der Waals surface area contributed by atoms with E-state index in [-0.39, 0.29) is 0 Å². The van der Waals surface area contributed by atoms with Crippen molar-refractivity contribution in [3.63, 3.8) is 0 Å². The molecule has 0 aliphatic carbocycles. The molecule has 7 nitrogen and oxygen atoms in total. The van der Waals surface area contributed by atoms with E-state index in [1.807, 2.05) is 0 Å². The van der Waals surface area contributed by atoms with Gasteiger partial charge in [0.05, 0.1) is 18.0 Å². The number of aliphatic hydroxyl groups excluding tert-OH is 2. The molecule has 0 saturated heterocycles. The molecule has 2 unspecified atom stereocenters. The van der Waals surface area contributed by atoms with Crippen LogP contribution in [0, 0.1) is 11.3 Å². The second-order valence-corrected chi connectivity index (χ2v) is 1.75. The Labute approximate surface area is 73.5 Å². The van der Waals surface area contributed by atoms with Crippen molar-refractivity contribution in [2.24, 2.45) is 0 Å². The molecule has 0 radical (unpaired) electrons. The molecular formula is C6H7NO6-2. The van der Waals surface area contributed by atoms with Gasteiger partial charge in [0.1, 0.15) is 12.2 Å². The van der Waals surface area contributed by atoms with Crippen LogP contribution >= 0.6 is 0 Å². The number of nitriles is 1. The molecule has 0 aliphatic heterocycles. The Morgan fingerprint density at radius 1 is 1.23 bits per heavy atom. The van der Waals surface area contributed by atoms with Gasteiger partial charge in [0.2, 0.25) is 0 Å². The van der Waals surface area contributed by atoms with Crippen LogP contribution in [0.25, 0.3) is 0 Å². The Balaban J connectivity index is 0. The van der Waals surface area contributed by atoms with E-state index in [1.54, 1.807) is 6.07 Å². The summed E-state index contributed by atoms with van der Waals surface area (Å²) in [5, 5.41) is 43.1. The first-order chi connectivity index (χ1) is 5.88. The van der Waals surface area contributed by atoms with Gasteiger partial charge in [-0.3, -0.25) is 0 Å². The quantitative estimate of drug-likeness (QED) is 0.457.